The summed E-state index contributed by atoms with van der Waals surface area (Å²) in [7, 11) is 0. The van der Waals surface area contributed by atoms with Crippen molar-refractivity contribution >= 4 is 11.5 Å². The number of nitrogens with zero attached hydrogens (tertiary/aromatic N) is 4. The first-order valence-corrected chi connectivity index (χ1v) is 12.4. The first kappa shape index (κ1) is 21.1. The molecule has 8 heteroatoms. The molecule has 0 bridgehead atoms. The van der Waals surface area contributed by atoms with Crippen LogP contribution in [0.2, 0.25) is 0 Å². The van der Waals surface area contributed by atoms with Gasteiger partial charge in [0.15, 0.2) is 0 Å². The van der Waals surface area contributed by atoms with E-state index in [1.807, 2.05) is 0 Å². The minimum Gasteiger partial charge on any atom is -0.380 e. The number of anilines is 2. The molecule has 2 aliphatic carbocycles. The van der Waals surface area contributed by atoms with Crippen LogP contribution in [0.3, 0.4) is 0 Å². The fourth-order valence-electron chi connectivity index (χ4n) is 6.77. The third-order valence-corrected chi connectivity index (χ3v) is 8.53. The van der Waals surface area contributed by atoms with Gasteiger partial charge in [-0.25, -0.2) is 9.37 Å². The van der Waals surface area contributed by atoms with Crippen molar-refractivity contribution in [3.05, 3.63) is 18.1 Å². The fraction of sp³-hybridized carbons (Fsp3) is 0.792. The van der Waals surface area contributed by atoms with Gasteiger partial charge >= 0.3 is 0 Å². The highest BCUT2D eigenvalue weighted by atomic mass is 19.1. The van der Waals surface area contributed by atoms with Crippen LogP contribution < -0.4 is 10.2 Å². The zero-order valence-corrected chi connectivity index (χ0v) is 19.2. The quantitative estimate of drug-likeness (QED) is 0.723. The number of halogens is 1. The number of hydrogen-bond donors (Lipinski definition) is 1. The molecule has 5 fully saturated rings. The Labute approximate surface area is 190 Å². The van der Waals surface area contributed by atoms with Crippen molar-refractivity contribution in [2.45, 2.75) is 51.1 Å². The summed E-state index contributed by atoms with van der Waals surface area (Å²) in [5.74, 6) is 0.581. The number of aromatic nitrogens is 1. The van der Waals surface area contributed by atoms with Crippen molar-refractivity contribution < 1.29 is 14.0 Å². The predicted molar refractivity (Wildman–Crippen MR) is 121 cm³/mol. The maximum atomic E-state index is 14.1. The molecule has 1 N–H and O–H groups in total. The van der Waals surface area contributed by atoms with E-state index in [1.165, 1.54) is 25.5 Å². The van der Waals surface area contributed by atoms with E-state index in [4.69, 9.17) is 9.57 Å². The average molecular weight is 446 g/mol. The first-order chi connectivity index (χ1) is 15.6. The molecule has 6 rings (SSSR count). The summed E-state index contributed by atoms with van der Waals surface area (Å²) in [6, 6.07) is 2.76. The van der Waals surface area contributed by atoms with Gasteiger partial charge < -0.3 is 15.0 Å². The largest absolute Gasteiger partial charge is 0.380 e. The van der Waals surface area contributed by atoms with Crippen molar-refractivity contribution in [2.75, 3.05) is 69.3 Å². The number of piperazine rings is 1. The Hall–Kier alpha value is -1.48. The molecule has 7 nitrogen and oxygen atoms in total. The molecule has 4 heterocycles. The summed E-state index contributed by atoms with van der Waals surface area (Å²) in [6.07, 6.45) is 7.49. The van der Waals surface area contributed by atoms with Gasteiger partial charge in [-0.05, 0) is 39.0 Å². The Morgan fingerprint density at radius 2 is 1.94 bits per heavy atom. The van der Waals surface area contributed by atoms with E-state index >= 15 is 0 Å². The van der Waals surface area contributed by atoms with Gasteiger partial charge in [0.25, 0.3) is 0 Å². The first-order valence-electron chi connectivity index (χ1n) is 12.4. The Balaban J connectivity index is 1.04. The van der Waals surface area contributed by atoms with E-state index in [0.717, 1.165) is 83.4 Å². The predicted octanol–water partition coefficient (Wildman–Crippen LogP) is 2.74. The van der Waals surface area contributed by atoms with E-state index in [2.05, 4.69) is 32.1 Å². The number of hydrogen-bond acceptors (Lipinski definition) is 7. The van der Waals surface area contributed by atoms with Crippen LogP contribution in [-0.2, 0) is 9.57 Å². The van der Waals surface area contributed by atoms with Gasteiger partial charge in [-0.3, -0.25) is 9.74 Å². The third-order valence-electron chi connectivity index (χ3n) is 8.53. The molecule has 5 aliphatic rings. The smallest absolute Gasteiger partial charge is 0.150 e. The van der Waals surface area contributed by atoms with E-state index < -0.39 is 0 Å². The standard InChI is InChI=1S/C24H36FN5O2/c1-2-32-30-14-23(15-30)4-3-20(12-23)28-5-7-29(8-6-28)21-9-18(25)13-26-22(21)27-19-10-24(11-19)16-31-17-24/h9,13,19-20H,2-8,10-12,14-17H2,1H3,(H,26,27)/t20-/m1/s1. The monoisotopic (exact) mass is 445 g/mol. The molecule has 1 aromatic rings. The van der Waals surface area contributed by atoms with E-state index in [-0.39, 0.29) is 5.82 Å². The summed E-state index contributed by atoms with van der Waals surface area (Å²) in [5.41, 5.74) is 1.80. The molecule has 0 unspecified atom stereocenters. The van der Waals surface area contributed by atoms with E-state index in [1.54, 1.807) is 6.07 Å². The molecule has 1 aromatic heterocycles. The lowest BCUT2D eigenvalue weighted by Crippen LogP contribution is -2.57. The van der Waals surface area contributed by atoms with Gasteiger partial charge in [-0.15, -0.1) is 0 Å². The third kappa shape index (κ3) is 3.79. The van der Waals surface area contributed by atoms with Gasteiger partial charge in [0, 0.05) is 68.2 Å². The highest BCUT2D eigenvalue weighted by Gasteiger charge is 2.51. The zero-order valence-electron chi connectivity index (χ0n) is 19.2. The summed E-state index contributed by atoms with van der Waals surface area (Å²) < 4.78 is 19.5. The maximum absolute atomic E-state index is 14.1. The number of nitrogens with one attached hydrogen (secondary N) is 1. The Kier molecular flexibility index (Phi) is 5.32. The second kappa shape index (κ2) is 8.08. The van der Waals surface area contributed by atoms with Gasteiger partial charge in [0.2, 0.25) is 0 Å². The molecule has 0 amide bonds. The SMILES string of the molecule is CCON1CC2(CC[C@@H](N3CCN(c4cc(F)cnc4NC4CC5(COC5)C4)CC3)C2)C1. The zero-order chi connectivity index (χ0) is 21.8. The topological polar surface area (TPSA) is 53.1 Å². The lowest BCUT2D eigenvalue weighted by molar-refractivity contribution is -0.246. The molecule has 3 saturated heterocycles. The molecule has 1 atom stereocenters. The summed E-state index contributed by atoms with van der Waals surface area (Å²) in [5, 5.41) is 5.73. The van der Waals surface area contributed by atoms with Crippen molar-refractivity contribution in [3.63, 3.8) is 0 Å². The molecule has 32 heavy (non-hydrogen) atoms. The van der Waals surface area contributed by atoms with Crippen molar-refractivity contribution in [3.8, 4) is 0 Å². The van der Waals surface area contributed by atoms with Gasteiger partial charge in [0.05, 0.1) is 31.7 Å². The Morgan fingerprint density at radius 3 is 2.62 bits per heavy atom. The highest BCUT2D eigenvalue weighted by molar-refractivity contribution is 5.66. The van der Waals surface area contributed by atoms with Crippen LogP contribution in [-0.4, -0.2) is 86.1 Å². The van der Waals surface area contributed by atoms with Gasteiger partial charge in [0.1, 0.15) is 11.6 Å². The second-order valence-corrected chi connectivity index (χ2v) is 10.9. The molecule has 0 radical (unpaired) electrons. The average Bonchev–Trinajstić information content (AvgIpc) is 3.15. The van der Waals surface area contributed by atoms with Crippen LogP contribution in [0.5, 0.6) is 0 Å². The Bertz CT molecular complexity index is 828. The van der Waals surface area contributed by atoms with Crippen molar-refractivity contribution in [2.24, 2.45) is 10.8 Å². The highest BCUT2D eigenvalue weighted by Crippen LogP contribution is 2.49. The molecule has 0 aromatic carbocycles. The summed E-state index contributed by atoms with van der Waals surface area (Å²) in [4.78, 5) is 15.1. The number of pyridine rings is 1. The number of hydroxylamine groups is 2. The summed E-state index contributed by atoms with van der Waals surface area (Å²) >= 11 is 0. The van der Waals surface area contributed by atoms with Crippen LogP contribution >= 0.6 is 0 Å². The molecular weight excluding hydrogens is 409 g/mol. The van der Waals surface area contributed by atoms with Gasteiger partial charge in [-0.1, -0.05) is 0 Å². The Morgan fingerprint density at radius 1 is 1.16 bits per heavy atom. The van der Waals surface area contributed by atoms with Crippen LogP contribution in [0.25, 0.3) is 0 Å². The number of ether oxygens (including phenoxy) is 1. The van der Waals surface area contributed by atoms with Crippen molar-refractivity contribution in [1.29, 1.82) is 0 Å². The van der Waals surface area contributed by atoms with Crippen LogP contribution in [0.15, 0.2) is 12.3 Å². The lowest BCUT2D eigenvalue weighted by atomic mass is 9.64. The van der Waals surface area contributed by atoms with Crippen molar-refractivity contribution in [1.82, 2.24) is 14.9 Å². The molecule has 2 spiro atoms. The normalized spacial score (nSPS) is 29.7. The van der Waals surface area contributed by atoms with Gasteiger partial charge in [-0.2, -0.15) is 5.06 Å². The summed E-state index contributed by atoms with van der Waals surface area (Å²) in [6.45, 7) is 10.7. The lowest BCUT2D eigenvalue weighted by Gasteiger charge is -2.53. The fourth-order valence-corrected chi connectivity index (χ4v) is 6.77. The minimum atomic E-state index is -0.257. The van der Waals surface area contributed by atoms with Crippen LogP contribution in [0, 0.1) is 16.6 Å². The number of rotatable bonds is 6. The minimum absolute atomic E-state index is 0.257. The maximum Gasteiger partial charge on any atom is 0.150 e. The molecule has 3 aliphatic heterocycles. The second-order valence-electron chi connectivity index (χ2n) is 10.9. The van der Waals surface area contributed by atoms with Crippen LogP contribution in [0.1, 0.15) is 39.0 Å². The molecule has 2 saturated carbocycles. The van der Waals surface area contributed by atoms with E-state index in [0.29, 0.717) is 22.9 Å². The van der Waals surface area contributed by atoms with Crippen LogP contribution in [0.4, 0.5) is 15.9 Å². The van der Waals surface area contributed by atoms with E-state index in [9.17, 15) is 4.39 Å². The molecular formula is C24H36FN5O2. The molecule has 176 valence electrons.